The number of amides is 3. The van der Waals surface area contributed by atoms with E-state index in [0.717, 1.165) is 11.3 Å². The van der Waals surface area contributed by atoms with Gasteiger partial charge in [-0.05, 0) is 37.3 Å². The van der Waals surface area contributed by atoms with Gasteiger partial charge in [0.2, 0.25) is 0 Å². The van der Waals surface area contributed by atoms with E-state index in [1.54, 1.807) is 31.2 Å². The molecule has 0 fully saturated rings. The molecule has 3 amide bonds. The number of benzene rings is 2. The average molecular weight is 355 g/mol. The van der Waals surface area contributed by atoms with Crippen LogP contribution in [-0.4, -0.2) is 25.3 Å². The van der Waals surface area contributed by atoms with E-state index in [0.29, 0.717) is 31.0 Å². The summed E-state index contributed by atoms with van der Waals surface area (Å²) in [4.78, 5) is 23.7. The van der Waals surface area contributed by atoms with Crippen LogP contribution >= 0.6 is 0 Å². The molecule has 0 aromatic heterocycles. The van der Waals surface area contributed by atoms with Crippen LogP contribution in [0.5, 0.6) is 5.75 Å². The van der Waals surface area contributed by atoms with Gasteiger partial charge in [-0.25, -0.2) is 9.59 Å². The number of hydrogen-bond acceptors (Lipinski definition) is 4. The number of nitrogens with one attached hydrogen (secondary N) is 3. The molecule has 0 aliphatic carbocycles. The van der Waals surface area contributed by atoms with Gasteiger partial charge in [0.25, 0.3) is 0 Å². The maximum Gasteiger partial charge on any atom is 0.411 e. The number of anilines is 2. The van der Waals surface area contributed by atoms with Gasteiger partial charge in [-0.15, -0.1) is 0 Å². The van der Waals surface area contributed by atoms with Crippen molar-refractivity contribution in [2.24, 2.45) is 0 Å². The van der Waals surface area contributed by atoms with E-state index >= 15 is 0 Å². The van der Waals surface area contributed by atoms with Crippen LogP contribution < -0.4 is 20.7 Å². The molecule has 1 heterocycles. The molecule has 1 aliphatic rings. The second-order valence-electron chi connectivity index (χ2n) is 5.75. The summed E-state index contributed by atoms with van der Waals surface area (Å²) in [7, 11) is 0. The van der Waals surface area contributed by atoms with Crippen molar-refractivity contribution in [2.75, 3.05) is 23.8 Å². The Bertz CT molecular complexity index is 777. The van der Waals surface area contributed by atoms with Crippen molar-refractivity contribution >= 4 is 23.5 Å². The fraction of sp³-hybridized carbons (Fsp3) is 0.263. The smallest absolute Gasteiger partial charge is 0.411 e. The molecule has 0 unspecified atom stereocenters. The zero-order chi connectivity index (χ0) is 18.4. The molecule has 2 aromatic rings. The van der Waals surface area contributed by atoms with Gasteiger partial charge < -0.3 is 20.1 Å². The molecule has 0 bridgehead atoms. The van der Waals surface area contributed by atoms with E-state index in [-0.39, 0.29) is 12.1 Å². The number of rotatable bonds is 4. The Labute approximate surface area is 151 Å². The lowest BCUT2D eigenvalue weighted by atomic mass is 10.0. The summed E-state index contributed by atoms with van der Waals surface area (Å²) in [6.45, 7) is 2.61. The highest BCUT2D eigenvalue weighted by Crippen LogP contribution is 2.31. The highest BCUT2D eigenvalue weighted by molar-refractivity contribution is 5.90. The van der Waals surface area contributed by atoms with Crippen LogP contribution in [0.15, 0.2) is 48.5 Å². The van der Waals surface area contributed by atoms with Gasteiger partial charge in [0.15, 0.2) is 0 Å². The molecule has 1 aliphatic heterocycles. The van der Waals surface area contributed by atoms with E-state index in [2.05, 4.69) is 16.0 Å². The number of carbonyl (C=O) groups excluding carboxylic acids is 2. The Kier molecular flexibility index (Phi) is 5.58. The summed E-state index contributed by atoms with van der Waals surface area (Å²) in [5, 5.41) is 8.35. The van der Waals surface area contributed by atoms with Gasteiger partial charge in [-0.1, -0.05) is 18.2 Å². The minimum absolute atomic E-state index is 0.0929. The number of hydrogen-bond donors (Lipinski definition) is 3. The Hall–Kier alpha value is -3.22. The molecule has 0 saturated carbocycles. The monoisotopic (exact) mass is 355 g/mol. The molecule has 26 heavy (non-hydrogen) atoms. The highest BCUT2D eigenvalue weighted by Gasteiger charge is 2.22. The number of ether oxygens (including phenoxy) is 2. The standard InChI is InChI=1S/C19H21N3O4/c1-2-25-19(24)21-14-9-7-13(8-10-14)20-18(23)22-16-11-12-26-17-6-4-3-5-15(16)17/h3-10,16H,2,11-12H2,1H3,(H,21,24)(H2,20,22,23)/t16-/m0/s1. The molecule has 0 radical (unpaired) electrons. The average Bonchev–Trinajstić information content (AvgIpc) is 2.64. The summed E-state index contributed by atoms with van der Waals surface area (Å²) in [6, 6.07) is 14.1. The molecule has 2 aromatic carbocycles. The third-order valence-corrected chi connectivity index (χ3v) is 3.93. The second kappa shape index (κ2) is 8.24. The first kappa shape index (κ1) is 17.6. The van der Waals surface area contributed by atoms with Crippen molar-refractivity contribution in [1.82, 2.24) is 5.32 Å². The molecule has 1 atom stereocenters. The van der Waals surface area contributed by atoms with Crippen molar-refractivity contribution < 1.29 is 19.1 Å². The van der Waals surface area contributed by atoms with Gasteiger partial charge in [0.05, 0.1) is 19.3 Å². The van der Waals surface area contributed by atoms with Crippen LogP contribution in [0.4, 0.5) is 21.0 Å². The fourth-order valence-electron chi connectivity index (χ4n) is 2.74. The van der Waals surface area contributed by atoms with Crippen LogP contribution in [0, 0.1) is 0 Å². The Morgan fingerprint density at radius 1 is 1.08 bits per heavy atom. The molecule has 7 heteroatoms. The Morgan fingerprint density at radius 2 is 1.77 bits per heavy atom. The minimum Gasteiger partial charge on any atom is -0.493 e. The third kappa shape index (κ3) is 4.44. The van der Waals surface area contributed by atoms with Crippen molar-refractivity contribution in [3.8, 4) is 5.75 Å². The first-order chi connectivity index (χ1) is 12.7. The lowest BCUT2D eigenvalue weighted by molar-refractivity contribution is 0.168. The van der Waals surface area contributed by atoms with Crippen molar-refractivity contribution in [3.63, 3.8) is 0 Å². The predicted octanol–water partition coefficient (Wildman–Crippen LogP) is 3.90. The number of para-hydroxylation sites is 1. The second-order valence-corrected chi connectivity index (χ2v) is 5.75. The van der Waals surface area contributed by atoms with Crippen molar-refractivity contribution in [1.29, 1.82) is 0 Å². The van der Waals surface area contributed by atoms with Crippen LogP contribution in [0.3, 0.4) is 0 Å². The van der Waals surface area contributed by atoms with E-state index in [1.807, 2.05) is 24.3 Å². The van der Waals surface area contributed by atoms with Crippen molar-refractivity contribution in [2.45, 2.75) is 19.4 Å². The van der Waals surface area contributed by atoms with E-state index in [1.165, 1.54) is 0 Å². The number of carbonyl (C=O) groups is 2. The lowest BCUT2D eigenvalue weighted by Crippen LogP contribution is -2.35. The lowest BCUT2D eigenvalue weighted by Gasteiger charge is -2.26. The van der Waals surface area contributed by atoms with E-state index < -0.39 is 6.09 Å². The Morgan fingerprint density at radius 3 is 2.50 bits per heavy atom. The van der Waals surface area contributed by atoms with Gasteiger partial charge in [-0.3, -0.25) is 5.32 Å². The minimum atomic E-state index is -0.510. The summed E-state index contributed by atoms with van der Waals surface area (Å²) >= 11 is 0. The van der Waals surface area contributed by atoms with E-state index in [4.69, 9.17) is 9.47 Å². The van der Waals surface area contributed by atoms with Crippen LogP contribution in [-0.2, 0) is 4.74 Å². The van der Waals surface area contributed by atoms with Gasteiger partial charge >= 0.3 is 12.1 Å². The Balaban J connectivity index is 1.56. The van der Waals surface area contributed by atoms with E-state index in [9.17, 15) is 9.59 Å². The topological polar surface area (TPSA) is 88.7 Å². The first-order valence-corrected chi connectivity index (χ1v) is 8.49. The summed E-state index contributed by atoms with van der Waals surface area (Å²) in [5.74, 6) is 0.804. The van der Waals surface area contributed by atoms with Gasteiger partial charge in [-0.2, -0.15) is 0 Å². The molecule has 3 rings (SSSR count). The molecular formula is C19H21N3O4. The van der Waals surface area contributed by atoms with Crippen molar-refractivity contribution in [3.05, 3.63) is 54.1 Å². The summed E-state index contributed by atoms with van der Waals surface area (Å²) in [5.41, 5.74) is 2.19. The van der Waals surface area contributed by atoms with Crippen LogP contribution in [0.1, 0.15) is 24.9 Å². The quantitative estimate of drug-likeness (QED) is 0.776. The number of urea groups is 1. The summed E-state index contributed by atoms with van der Waals surface area (Å²) < 4.78 is 10.4. The maximum absolute atomic E-state index is 12.3. The molecule has 0 saturated heterocycles. The fourth-order valence-corrected chi connectivity index (χ4v) is 2.74. The largest absolute Gasteiger partial charge is 0.493 e. The van der Waals surface area contributed by atoms with Gasteiger partial charge in [0, 0.05) is 23.4 Å². The maximum atomic E-state index is 12.3. The zero-order valence-corrected chi connectivity index (χ0v) is 14.5. The van der Waals surface area contributed by atoms with Crippen LogP contribution in [0.25, 0.3) is 0 Å². The summed E-state index contributed by atoms with van der Waals surface area (Å²) in [6.07, 6.45) is 0.205. The molecule has 0 spiro atoms. The molecule has 7 nitrogen and oxygen atoms in total. The molecule has 3 N–H and O–H groups in total. The number of fused-ring (bicyclic) bond motifs is 1. The first-order valence-electron chi connectivity index (χ1n) is 8.49. The molecular weight excluding hydrogens is 334 g/mol. The SMILES string of the molecule is CCOC(=O)Nc1ccc(NC(=O)N[C@H]2CCOc3ccccc32)cc1. The highest BCUT2D eigenvalue weighted by atomic mass is 16.5. The van der Waals surface area contributed by atoms with Crippen LogP contribution in [0.2, 0.25) is 0 Å². The third-order valence-electron chi connectivity index (χ3n) is 3.93. The van der Waals surface area contributed by atoms with Gasteiger partial charge in [0.1, 0.15) is 5.75 Å². The molecule has 136 valence electrons. The predicted molar refractivity (Wildman–Crippen MR) is 98.5 cm³/mol. The zero-order valence-electron chi connectivity index (χ0n) is 14.5. The normalized spacial score (nSPS) is 15.2.